The van der Waals surface area contributed by atoms with Gasteiger partial charge >= 0.3 is 0 Å². The Labute approximate surface area is 154 Å². The van der Waals surface area contributed by atoms with Crippen LogP contribution >= 0.6 is 0 Å². The molecule has 1 aromatic heterocycles. The fourth-order valence-electron chi connectivity index (χ4n) is 4.15. The Hall–Kier alpha value is -2.40. The van der Waals surface area contributed by atoms with Crippen LogP contribution in [0.4, 0.5) is 5.69 Å². The molecule has 136 valence electrons. The molecule has 1 N–H and O–H groups in total. The number of hydrogen-bond donors (Lipinski definition) is 1. The van der Waals surface area contributed by atoms with Crippen LogP contribution in [0.2, 0.25) is 0 Å². The average molecular weight is 350 g/mol. The summed E-state index contributed by atoms with van der Waals surface area (Å²) in [4.78, 5) is 2.08. The van der Waals surface area contributed by atoms with E-state index < -0.39 is 5.60 Å². The Morgan fingerprint density at radius 1 is 1.00 bits per heavy atom. The Morgan fingerprint density at radius 3 is 2.38 bits per heavy atom. The number of fused-ring (bicyclic) bond motifs is 1. The monoisotopic (exact) mass is 350 g/mol. The van der Waals surface area contributed by atoms with Gasteiger partial charge in [0.05, 0.1) is 11.1 Å². The molecule has 0 spiro atoms. The summed E-state index contributed by atoms with van der Waals surface area (Å²) in [7, 11) is 4.07. The second-order valence-corrected chi connectivity index (χ2v) is 7.58. The molecule has 0 saturated heterocycles. The molecule has 0 radical (unpaired) electrons. The Bertz CT molecular complexity index is 878. The molecule has 5 heteroatoms. The van der Waals surface area contributed by atoms with Crippen molar-refractivity contribution in [2.75, 3.05) is 19.0 Å². The highest BCUT2D eigenvalue weighted by Crippen LogP contribution is 2.41. The van der Waals surface area contributed by atoms with Gasteiger partial charge in [-0.2, -0.15) is 0 Å². The zero-order valence-corrected chi connectivity index (χ0v) is 15.5. The zero-order chi connectivity index (χ0) is 18.1. The Morgan fingerprint density at radius 2 is 1.69 bits per heavy atom. The van der Waals surface area contributed by atoms with Gasteiger partial charge in [-0.25, -0.2) is 4.68 Å². The van der Waals surface area contributed by atoms with E-state index in [-0.39, 0.29) is 6.04 Å². The summed E-state index contributed by atoms with van der Waals surface area (Å²) in [5.41, 5.74) is 3.26. The second kappa shape index (κ2) is 6.72. The van der Waals surface area contributed by atoms with E-state index >= 15 is 0 Å². The highest BCUT2D eigenvalue weighted by Gasteiger charge is 2.41. The van der Waals surface area contributed by atoms with Gasteiger partial charge in [0.2, 0.25) is 0 Å². The molecule has 26 heavy (non-hydrogen) atoms. The SMILES string of the molecule is CN(C)c1ccc(C(n2nnc3ccccc32)C2(O)CCCCC2)cc1. The number of hydrogen-bond acceptors (Lipinski definition) is 4. The largest absolute Gasteiger partial charge is 0.387 e. The topological polar surface area (TPSA) is 54.2 Å². The van der Waals surface area contributed by atoms with E-state index in [2.05, 4.69) is 39.5 Å². The normalized spacial score (nSPS) is 18.0. The molecule has 0 amide bonds. The quantitative estimate of drug-likeness (QED) is 0.778. The fourth-order valence-corrected chi connectivity index (χ4v) is 4.15. The predicted molar refractivity (Wildman–Crippen MR) is 104 cm³/mol. The van der Waals surface area contributed by atoms with Crippen LogP contribution in [0.1, 0.15) is 43.7 Å². The first kappa shape index (κ1) is 17.0. The predicted octanol–water partition coefficient (Wildman–Crippen LogP) is 3.78. The van der Waals surface area contributed by atoms with E-state index in [1.165, 1.54) is 6.42 Å². The molecule has 2 aromatic carbocycles. The summed E-state index contributed by atoms with van der Waals surface area (Å²) in [5.74, 6) is 0. The summed E-state index contributed by atoms with van der Waals surface area (Å²) < 4.78 is 1.92. The fraction of sp³-hybridized carbons (Fsp3) is 0.429. The molecule has 1 aliphatic rings. The molecule has 0 aliphatic heterocycles. The number of para-hydroxylation sites is 1. The van der Waals surface area contributed by atoms with Gasteiger partial charge in [-0.1, -0.05) is 48.7 Å². The summed E-state index contributed by atoms with van der Waals surface area (Å²) in [6.45, 7) is 0. The molecular weight excluding hydrogens is 324 g/mol. The molecular formula is C21H26N4O. The number of benzene rings is 2. The van der Waals surface area contributed by atoms with E-state index in [4.69, 9.17) is 0 Å². The van der Waals surface area contributed by atoms with Gasteiger partial charge in [-0.05, 0) is 42.7 Å². The van der Waals surface area contributed by atoms with Gasteiger partial charge in [-0.15, -0.1) is 5.10 Å². The van der Waals surface area contributed by atoms with Crippen molar-refractivity contribution in [3.8, 4) is 0 Å². The van der Waals surface area contributed by atoms with Crippen LogP contribution in [-0.2, 0) is 0 Å². The maximum absolute atomic E-state index is 11.6. The van der Waals surface area contributed by atoms with Crippen molar-refractivity contribution in [3.05, 3.63) is 54.1 Å². The van der Waals surface area contributed by atoms with E-state index in [0.29, 0.717) is 0 Å². The van der Waals surface area contributed by atoms with E-state index in [0.717, 1.165) is 48.0 Å². The maximum Gasteiger partial charge on any atom is 0.113 e. The third-order valence-corrected chi connectivity index (χ3v) is 5.58. The van der Waals surface area contributed by atoms with Crippen LogP contribution in [0.5, 0.6) is 0 Å². The first-order chi connectivity index (χ1) is 12.6. The van der Waals surface area contributed by atoms with E-state index in [9.17, 15) is 5.11 Å². The zero-order valence-electron chi connectivity index (χ0n) is 15.5. The number of rotatable bonds is 4. The van der Waals surface area contributed by atoms with Crippen molar-refractivity contribution in [3.63, 3.8) is 0 Å². The summed E-state index contributed by atoms with van der Waals surface area (Å²) in [5, 5.41) is 20.4. The number of nitrogens with zero attached hydrogens (tertiary/aromatic N) is 4. The van der Waals surface area contributed by atoms with Crippen LogP contribution in [0.3, 0.4) is 0 Å². The molecule has 5 nitrogen and oxygen atoms in total. The molecule has 0 bridgehead atoms. The second-order valence-electron chi connectivity index (χ2n) is 7.58. The molecule has 4 rings (SSSR count). The van der Waals surface area contributed by atoms with E-state index in [1.54, 1.807) is 0 Å². The van der Waals surface area contributed by atoms with Crippen molar-refractivity contribution in [1.29, 1.82) is 0 Å². The highest BCUT2D eigenvalue weighted by molar-refractivity contribution is 5.74. The summed E-state index contributed by atoms with van der Waals surface area (Å²) in [6, 6.07) is 16.2. The smallest absolute Gasteiger partial charge is 0.113 e. The van der Waals surface area contributed by atoms with Gasteiger partial charge < -0.3 is 10.0 Å². The minimum atomic E-state index is -0.797. The van der Waals surface area contributed by atoms with Crippen LogP contribution in [0, 0.1) is 0 Å². The van der Waals surface area contributed by atoms with Crippen LogP contribution in [-0.4, -0.2) is 39.8 Å². The van der Waals surface area contributed by atoms with Gasteiger partial charge in [-0.3, -0.25) is 0 Å². The minimum Gasteiger partial charge on any atom is -0.387 e. The first-order valence-electron chi connectivity index (χ1n) is 9.38. The van der Waals surface area contributed by atoms with Crippen LogP contribution in [0.25, 0.3) is 11.0 Å². The maximum atomic E-state index is 11.6. The average Bonchev–Trinajstić information content (AvgIpc) is 3.07. The third kappa shape index (κ3) is 2.97. The van der Waals surface area contributed by atoms with Crippen molar-refractivity contribution >= 4 is 16.7 Å². The van der Waals surface area contributed by atoms with Crippen molar-refractivity contribution < 1.29 is 5.11 Å². The van der Waals surface area contributed by atoms with Gasteiger partial charge in [0.1, 0.15) is 11.6 Å². The van der Waals surface area contributed by atoms with Crippen molar-refractivity contribution in [2.45, 2.75) is 43.7 Å². The van der Waals surface area contributed by atoms with Crippen molar-refractivity contribution in [1.82, 2.24) is 15.0 Å². The molecule has 1 fully saturated rings. The molecule has 1 aliphatic carbocycles. The van der Waals surface area contributed by atoms with Gasteiger partial charge in [0.25, 0.3) is 0 Å². The molecule has 1 heterocycles. The minimum absolute atomic E-state index is 0.230. The lowest BCUT2D eigenvalue weighted by molar-refractivity contribution is -0.0328. The van der Waals surface area contributed by atoms with E-state index in [1.807, 2.05) is 43.0 Å². The van der Waals surface area contributed by atoms with Crippen LogP contribution < -0.4 is 4.90 Å². The Kier molecular flexibility index (Phi) is 4.41. The van der Waals surface area contributed by atoms with Gasteiger partial charge in [0.15, 0.2) is 0 Å². The molecule has 1 atom stereocenters. The lowest BCUT2D eigenvalue weighted by atomic mass is 9.77. The number of aromatic nitrogens is 3. The third-order valence-electron chi connectivity index (χ3n) is 5.58. The molecule has 3 aromatic rings. The van der Waals surface area contributed by atoms with Gasteiger partial charge in [0, 0.05) is 19.8 Å². The van der Waals surface area contributed by atoms with Crippen LogP contribution in [0.15, 0.2) is 48.5 Å². The number of anilines is 1. The highest BCUT2D eigenvalue weighted by atomic mass is 16.3. The molecule has 1 saturated carbocycles. The molecule has 1 unspecified atom stereocenters. The summed E-state index contributed by atoms with van der Waals surface area (Å²) in [6.07, 6.45) is 4.88. The number of aliphatic hydroxyl groups is 1. The Balaban J connectivity index is 1.84. The van der Waals surface area contributed by atoms with Crippen molar-refractivity contribution in [2.24, 2.45) is 0 Å². The standard InChI is InChI=1S/C21H26N4O/c1-24(2)17-12-10-16(11-13-17)20(21(26)14-6-3-7-15-21)25-19-9-5-4-8-18(19)22-23-25/h4-5,8-13,20,26H,3,6-7,14-15H2,1-2H3. The lowest BCUT2D eigenvalue weighted by Crippen LogP contribution is -2.42. The lowest BCUT2D eigenvalue weighted by Gasteiger charge is -2.39. The summed E-state index contributed by atoms with van der Waals surface area (Å²) >= 11 is 0. The first-order valence-corrected chi connectivity index (χ1v) is 9.38.